The zero-order valence-corrected chi connectivity index (χ0v) is 10.2. The molecule has 5 nitrogen and oxygen atoms in total. The van der Waals surface area contributed by atoms with E-state index in [9.17, 15) is 14.0 Å². The van der Waals surface area contributed by atoms with Gasteiger partial charge in [0.25, 0.3) is 0 Å². The number of anilines is 1. The zero-order valence-electron chi connectivity index (χ0n) is 10.2. The van der Waals surface area contributed by atoms with Crippen molar-refractivity contribution in [2.24, 2.45) is 5.92 Å². The number of carboxylic acid groups (broad SMARTS) is 1. The summed E-state index contributed by atoms with van der Waals surface area (Å²) in [7, 11) is 1.70. The van der Waals surface area contributed by atoms with Gasteiger partial charge in [-0.05, 0) is 25.2 Å². The third-order valence-electron chi connectivity index (χ3n) is 2.43. The average Bonchev–Trinajstić information content (AvgIpc) is 2.28. The largest absolute Gasteiger partial charge is 0.478 e. The fraction of sp³-hybridized carbons (Fsp3) is 0.333. The van der Waals surface area contributed by atoms with Crippen LogP contribution >= 0.6 is 0 Å². The molecule has 0 aliphatic heterocycles. The van der Waals surface area contributed by atoms with Gasteiger partial charge < -0.3 is 15.7 Å². The number of amides is 1. The summed E-state index contributed by atoms with van der Waals surface area (Å²) >= 11 is 0. The molecule has 1 atom stereocenters. The number of aromatic carboxylic acids is 1. The molecule has 3 N–H and O–H groups in total. The zero-order chi connectivity index (χ0) is 13.7. The lowest BCUT2D eigenvalue weighted by molar-refractivity contribution is -0.119. The first-order valence-electron chi connectivity index (χ1n) is 5.44. The number of carboxylic acids is 1. The Morgan fingerprint density at radius 1 is 1.44 bits per heavy atom. The second kappa shape index (κ2) is 6.11. The Balaban J connectivity index is 2.92. The number of carbonyl (C=O) groups excluding carboxylic acids is 1. The molecule has 0 spiro atoms. The standard InChI is InChI=1S/C12H15FN2O3/c1-7(6-14-2)11(16)15-10-5-8(13)3-4-9(10)12(17)18/h3-5,7,14H,6H2,1-2H3,(H,15,16)(H,17,18). The summed E-state index contributed by atoms with van der Waals surface area (Å²) in [4.78, 5) is 22.6. The number of hydrogen-bond acceptors (Lipinski definition) is 3. The lowest BCUT2D eigenvalue weighted by Crippen LogP contribution is -2.29. The third kappa shape index (κ3) is 3.53. The molecular weight excluding hydrogens is 239 g/mol. The molecule has 0 fully saturated rings. The molecular formula is C12H15FN2O3. The van der Waals surface area contributed by atoms with Crippen molar-refractivity contribution in [1.82, 2.24) is 5.32 Å². The SMILES string of the molecule is CNCC(C)C(=O)Nc1cc(F)ccc1C(=O)O. The molecule has 1 unspecified atom stereocenters. The van der Waals surface area contributed by atoms with E-state index in [-0.39, 0.29) is 23.1 Å². The van der Waals surface area contributed by atoms with Crippen LogP contribution in [-0.2, 0) is 4.79 Å². The molecule has 0 radical (unpaired) electrons. The van der Waals surface area contributed by atoms with Crippen molar-refractivity contribution in [3.05, 3.63) is 29.6 Å². The van der Waals surface area contributed by atoms with Crippen molar-refractivity contribution in [3.8, 4) is 0 Å². The molecule has 6 heteroatoms. The number of hydrogen-bond donors (Lipinski definition) is 3. The van der Waals surface area contributed by atoms with Crippen LogP contribution in [0.5, 0.6) is 0 Å². The molecule has 0 heterocycles. The lowest BCUT2D eigenvalue weighted by Gasteiger charge is -2.13. The summed E-state index contributed by atoms with van der Waals surface area (Å²) in [6.07, 6.45) is 0. The number of nitrogens with one attached hydrogen (secondary N) is 2. The third-order valence-corrected chi connectivity index (χ3v) is 2.43. The fourth-order valence-corrected chi connectivity index (χ4v) is 1.46. The monoisotopic (exact) mass is 254 g/mol. The van der Waals surface area contributed by atoms with E-state index >= 15 is 0 Å². The smallest absolute Gasteiger partial charge is 0.337 e. The van der Waals surface area contributed by atoms with Gasteiger partial charge in [-0.1, -0.05) is 6.92 Å². The lowest BCUT2D eigenvalue weighted by atomic mass is 10.1. The van der Waals surface area contributed by atoms with Gasteiger partial charge in [-0.2, -0.15) is 0 Å². The van der Waals surface area contributed by atoms with Gasteiger partial charge in [-0.3, -0.25) is 4.79 Å². The van der Waals surface area contributed by atoms with E-state index in [0.717, 1.165) is 18.2 Å². The number of benzene rings is 1. The molecule has 0 saturated carbocycles. The molecule has 0 aromatic heterocycles. The summed E-state index contributed by atoms with van der Waals surface area (Å²) in [5.41, 5.74) is -0.170. The maximum atomic E-state index is 13.1. The van der Waals surface area contributed by atoms with Gasteiger partial charge in [-0.25, -0.2) is 9.18 Å². The maximum absolute atomic E-state index is 13.1. The molecule has 1 amide bonds. The highest BCUT2D eigenvalue weighted by Gasteiger charge is 2.17. The number of halogens is 1. The first kappa shape index (κ1) is 14.1. The maximum Gasteiger partial charge on any atom is 0.337 e. The van der Waals surface area contributed by atoms with Crippen LogP contribution in [0.15, 0.2) is 18.2 Å². The van der Waals surface area contributed by atoms with Crippen LogP contribution in [0.25, 0.3) is 0 Å². The van der Waals surface area contributed by atoms with Crippen LogP contribution in [0.4, 0.5) is 10.1 Å². The van der Waals surface area contributed by atoms with Crippen molar-refractivity contribution in [2.45, 2.75) is 6.92 Å². The molecule has 18 heavy (non-hydrogen) atoms. The minimum atomic E-state index is -1.22. The second-order valence-electron chi connectivity index (χ2n) is 3.94. The predicted octanol–water partition coefficient (Wildman–Crippen LogP) is 1.32. The van der Waals surface area contributed by atoms with Crippen molar-refractivity contribution >= 4 is 17.6 Å². The molecule has 0 aliphatic rings. The van der Waals surface area contributed by atoms with E-state index < -0.39 is 11.8 Å². The topological polar surface area (TPSA) is 78.4 Å². The molecule has 0 aliphatic carbocycles. The van der Waals surface area contributed by atoms with E-state index in [1.54, 1.807) is 14.0 Å². The van der Waals surface area contributed by atoms with E-state index in [1.807, 2.05) is 0 Å². The molecule has 0 bridgehead atoms. The van der Waals surface area contributed by atoms with Crippen LogP contribution in [0.3, 0.4) is 0 Å². The van der Waals surface area contributed by atoms with Crippen LogP contribution in [0, 0.1) is 11.7 Å². The van der Waals surface area contributed by atoms with Crippen LogP contribution in [0.1, 0.15) is 17.3 Å². The van der Waals surface area contributed by atoms with E-state index in [0.29, 0.717) is 6.54 Å². The van der Waals surface area contributed by atoms with Crippen LogP contribution < -0.4 is 10.6 Å². The van der Waals surface area contributed by atoms with Gasteiger partial charge in [0.1, 0.15) is 5.82 Å². The normalized spacial score (nSPS) is 11.9. The van der Waals surface area contributed by atoms with E-state index in [4.69, 9.17) is 5.11 Å². The Kier molecular flexibility index (Phi) is 4.79. The number of rotatable bonds is 5. The van der Waals surface area contributed by atoms with E-state index in [2.05, 4.69) is 10.6 Å². The molecule has 1 aromatic carbocycles. The summed E-state index contributed by atoms with van der Waals surface area (Å²) in [6, 6.07) is 3.15. The Morgan fingerprint density at radius 3 is 2.67 bits per heavy atom. The highest BCUT2D eigenvalue weighted by Crippen LogP contribution is 2.18. The van der Waals surface area contributed by atoms with Crippen molar-refractivity contribution in [2.75, 3.05) is 18.9 Å². The van der Waals surface area contributed by atoms with Gasteiger partial charge in [0.2, 0.25) is 5.91 Å². The second-order valence-corrected chi connectivity index (χ2v) is 3.94. The molecule has 0 saturated heterocycles. The summed E-state index contributed by atoms with van der Waals surface area (Å²) in [5, 5.41) is 14.2. The van der Waals surface area contributed by atoms with Crippen molar-refractivity contribution in [1.29, 1.82) is 0 Å². The molecule has 1 rings (SSSR count). The van der Waals surface area contributed by atoms with Gasteiger partial charge in [0, 0.05) is 12.5 Å². The Bertz CT molecular complexity index is 463. The number of carbonyl (C=O) groups is 2. The Morgan fingerprint density at radius 2 is 2.11 bits per heavy atom. The van der Waals surface area contributed by atoms with Crippen LogP contribution in [-0.4, -0.2) is 30.6 Å². The first-order chi connectivity index (χ1) is 8.45. The molecule has 1 aromatic rings. The van der Waals surface area contributed by atoms with E-state index in [1.165, 1.54) is 0 Å². The van der Waals surface area contributed by atoms with Gasteiger partial charge in [-0.15, -0.1) is 0 Å². The minimum Gasteiger partial charge on any atom is -0.478 e. The highest BCUT2D eigenvalue weighted by atomic mass is 19.1. The molecule has 98 valence electrons. The van der Waals surface area contributed by atoms with Crippen molar-refractivity contribution < 1.29 is 19.1 Å². The van der Waals surface area contributed by atoms with Crippen molar-refractivity contribution in [3.63, 3.8) is 0 Å². The Labute approximate surface area is 104 Å². The first-order valence-corrected chi connectivity index (χ1v) is 5.44. The summed E-state index contributed by atoms with van der Waals surface area (Å²) in [6.45, 7) is 2.13. The van der Waals surface area contributed by atoms with Gasteiger partial charge >= 0.3 is 5.97 Å². The summed E-state index contributed by atoms with van der Waals surface area (Å²) in [5.74, 6) is -2.53. The summed E-state index contributed by atoms with van der Waals surface area (Å²) < 4.78 is 13.1. The van der Waals surface area contributed by atoms with Crippen LogP contribution in [0.2, 0.25) is 0 Å². The average molecular weight is 254 g/mol. The van der Waals surface area contributed by atoms with Gasteiger partial charge in [0.05, 0.1) is 11.3 Å². The quantitative estimate of drug-likeness (QED) is 0.740. The predicted molar refractivity (Wildman–Crippen MR) is 65.1 cm³/mol. The van der Waals surface area contributed by atoms with Gasteiger partial charge in [0.15, 0.2) is 0 Å². The Hall–Kier alpha value is -1.95. The highest BCUT2D eigenvalue weighted by molar-refractivity contribution is 6.01. The minimum absolute atomic E-state index is 0.0320. The fourth-order valence-electron chi connectivity index (χ4n) is 1.46.